The van der Waals surface area contributed by atoms with Crippen LogP contribution in [0.2, 0.25) is 0 Å². The van der Waals surface area contributed by atoms with Crippen LogP contribution in [-0.4, -0.2) is 34.7 Å². The molecule has 0 saturated carbocycles. The van der Waals surface area contributed by atoms with Crippen LogP contribution in [0.5, 0.6) is 0 Å². The molecule has 4 aromatic heterocycles. The lowest BCUT2D eigenvalue weighted by Gasteiger charge is -2.20. The molecule has 4 nitrogen and oxygen atoms in total. The van der Waals surface area contributed by atoms with E-state index in [1.807, 2.05) is 9.80 Å². The molecule has 2 aliphatic rings. The highest BCUT2D eigenvalue weighted by molar-refractivity contribution is 7.21. The first-order valence-electron chi connectivity index (χ1n) is 18.5. The number of carbonyl (C=O) groups excluding carboxylic acids is 2. The van der Waals surface area contributed by atoms with Gasteiger partial charge >= 0.3 is 0 Å². The van der Waals surface area contributed by atoms with Crippen LogP contribution in [0.25, 0.3) is 51.5 Å². The third kappa shape index (κ3) is 6.27. The van der Waals surface area contributed by atoms with Gasteiger partial charge in [-0.15, -0.1) is 45.3 Å². The van der Waals surface area contributed by atoms with Crippen LogP contribution in [0.15, 0.2) is 70.7 Å². The maximum atomic E-state index is 14.8. The normalized spacial score (nSPS) is 15.2. The summed E-state index contributed by atoms with van der Waals surface area (Å²) in [5.74, 6) is 0.105. The molecule has 8 heteroatoms. The number of fused-ring (bicyclic) bond motifs is 5. The average molecular weight is 737 g/mol. The van der Waals surface area contributed by atoms with E-state index in [1.165, 1.54) is 80.9 Å². The first-order valence-corrected chi connectivity index (χ1v) is 21.9. The van der Waals surface area contributed by atoms with Crippen LogP contribution in [0.4, 0.5) is 0 Å². The number of unbranched alkanes of at least 4 members (excludes halogenated alkanes) is 10. The van der Waals surface area contributed by atoms with E-state index in [-0.39, 0.29) is 11.8 Å². The lowest BCUT2D eigenvalue weighted by atomic mass is 10.1. The third-order valence-corrected chi connectivity index (χ3v) is 14.3. The lowest BCUT2D eigenvalue weighted by molar-refractivity contribution is -0.122. The number of carbonyl (C=O) groups is 2. The Balaban J connectivity index is 1.24. The molecule has 0 fully saturated rings. The predicted octanol–water partition coefficient (Wildman–Crippen LogP) is 13.1. The fourth-order valence-corrected chi connectivity index (χ4v) is 11.5. The van der Waals surface area contributed by atoms with Gasteiger partial charge in [0.1, 0.15) is 0 Å². The number of nitrogens with zero attached hydrogens (tertiary/aromatic N) is 2. The Labute approximate surface area is 310 Å². The fourth-order valence-electron chi connectivity index (χ4n) is 7.65. The summed E-state index contributed by atoms with van der Waals surface area (Å²) in [6.45, 7) is 5.76. The van der Waals surface area contributed by atoms with Crippen LogP contribution >= 0.6 is 45.3 Å². The molecule has 8 rings (SSSR count). The van der Waals surface area contributed by atoms with Crippen molar-refractivity contribution in [3.05, 3.63) is 80.4 Å². The zero-order valence-corrected chi connectivity index (χ0v) is 32.3. The van der Waals surface area contributed by atoms with E-state index in [2.05, 4.69) is 73.1 Å². The van der Waals surface area contributed by atoms with Gasteiger partial charge in [0.15, 0.2) is 0 Å². The van der Waals surface area contributed by atoms with E-state index < -0.39 is 0 Å². The minimum atomic E-state index is 0.0523. The highest BCUT2D eigenvalue weighted by atomic mass is 32.1. The Morgan fingerprint density at radius 1 is 0.480 bits per heavy atom. The Hall–Kier alpha value is -3.30. The van der Waals surface area contributed by atoms with Gasteiger partial charge in [0, 0.05) is 41.6 Å². The van der Waals surface area contributed by atoms with E-state index in [4.69, 9.17) is 0 Å². The van der Waals surface area contributed by atoms with Gasteiger partial charge < -0.3 is 9.80 Å². The summed E-state index contributed by atoms with van der Waals surface area (Å²) in [5, 5.41) is 9.09. The summed E-state index contributed by atoms with van der Waals surface area (Å²) < 4.78 is 4.89. The van der Waals surface area contributed by atoms with E-state index in [0.29, 0.717) is 24.2 Å². The molecule has 258 valence electrons. The van der Waals surface area contributed by atoms with Crippen LogP contribution in [0.3, 0.4) is 0 Å². The van der Waals surface area contributed by atoms with Crippen molar-refractivity contribution in [3.8, 4) is 0 Å². The van der Waals surface area contributed by atoms with Crippen molar-refractivity contribution in [3.63, 3.8) is 0 Å². The van der Waals surface area contributed by atoms with Gasteiger partial charge in [0.05, 0.1) is 22.5 Å². The van der Waals surface area contributed by atoms with E-state index in [9.17, 15) is 9.59 Å². The summed E-state index contributed by atoms with van der Waals surface area (Å²) >= 11 is 6.89. The van der Waals surface area contributed by atoms with Crippen molar-refractivity contribution < 1.29 is 9.59 Å². The topological polar surface area (TPSA) is 40.6 Å². The van der Waals surface area contributed by atoms with Crippen molar-refractivity contribution in [2.75, 3.05) is 13.1 Å². The molecule has 2 aromatic carbocycles. The lowest BCUT2D eigenvalue weighted by Crippen LogP contribution is -2.28. The van der Waals surface area contributed by atoms with E-state index in [0.717, 1.165) is 57.6 Å². The summed E-state index contributed by atoms with van der Waals surface area (Å²) in [6, 6.07) is 17.8. The molecule has 0 radical (unpaired) electrons. The van der Waals surface area contributed by atoms with Gasteiger partial charge in [-0.1, -0.05) is 78.1 Å². The zero-order chi connectivity index (χ0) is 34.2. The number of thiophene rings is 4. The van der Waals surface area contributed by atoms with Crippen molar-refractivity contribution in [1.29, 1.82) is 0 Å². The second-order valence-electron chi connectivity index (χ2n) is 13.8. The first kappa shape index (κ1) is 33.8. The quantitative estimate of drug-likeness (QED) is 0.0928. The van der Waals surface area contributed by atoms with Crippen molar-refractivity contribution in [1.82, 2.24) is 9.80 Å². The molecule has 0 saturated heterocycles. The Morgan fingerprint density at radius 3 is 1.32 bits per heavy atom. The minimum Gasteiger partial charge on any atom is -0.305 e. The molecular weight excluding hydrogens is 693 g/mol. The van der Waals surface area contributed by atoms with E-state index >= 15 is 0 Å². The van der Waals surface area contributed by atoms with Crippen molar-refractivity contribution in [2.24, 2.45) is 0 Å². The van der Waals surface area contributed by atoms with Crippen LogP contribution in [0.1, 0.15) is 101 Å². The second kappa shape index (κ2) is 14.7. The maximum Gasteiger partial charge on any atom is 0.262 e. The number of hydrogen-bond donors (Lipinski definition) is 0. The SMILES string of the molecule is CCCCCCCCN1C(=O)C(c2cc3cc4sccc4cc3s2)=C2C1=C(c1cc3cc4sccc4cc3s1)C(=O)N2CCCCCCCC. The average Bonchev–Trinajstić information content (AvgIpc) is 3.96. The number of benzene rings is 2. The summed E-state index contributed by atoms with van der Waals surface area (Å²) in [5.41, 5.74) is 3.13. The van der Waals surface area contributed by atoms with Gasteiger partial charge in [-0.25, -0.2) is 0 Å². The molecule has 0 unspecified atom stereocenters. The Bertz CT molecular complexity index is 2020. The van der Waals surface area contributed by atoms with Crippen molar-refractivity contribution >= 4 is 109 Å². The van der Waals surface area contributed by atoms with Crippen molar-refractivity contribution in [2.45, 2.75) is 90.9 Å². The molecule has 2 aliphatic heterocycles. The predicted molar refractivity (Wildman–Crippen MR) is 218 cm³/mol. The molecule has 0 bridgehead atoms. The zero-order valence-electron chi connectivity index (χ0n) is 29.0. The second-order valence-corrected chi connectivity index (χ2v) is 17.9. The number of rotatable bonds is 16. The Morgan fingerprint density at radius 2 is 0.880 bits per heavy atom. The molecule has 6 aromatic rings. The molecule has 0 N–H and O–H groups in total. The maximum absolute atomic E-state index is 14.8. The van der Waals surface area contributed by atoms with Crippen LogP contribution < -0.4 is 0 Å². The summed E-state index contributed by atoms with van der Waals surface area (Å²) in [6.07, 6.45) is 13.8. The molecular formula is C42H44N2O2S4. The number of amides is 2. The molecule has 0 aliphatic carbocycles. The monoisotopic (exact) mass is 736 g/mol. The van der Waals surface area contributed by atoms with Crippen LogP contribution in [0, 0.1) is 0 Å². The molecule has 0 atom stereocenters. The Kier molecular flexibility index (Phi) is 9.97. The molecule has 2 amide bonds. The minimum absolute atomic E-state index is 0.0523. The van der Waals surface area contributed by atoms with Gasteiger partial charge in [0.25, 0.3) is 11.8 Å². The molecule has 50 heavy (non-hydrogen) atoms. The summed E-state index contributed by atoms with van der Waals surface area (Å²) in [4.78, 5) is 35.6. The largest absolute Gasteiger partial charge is 0.305 e. The van der Waals surface area contributed by atoms with Gasteiger partial charge in [0.2, 0.25) is 0 Å². The third-order valence-electron chi connectivity index (χ3n) is 10.3. The highest BCUT2D eigenvalue weighted by Gasteiger charge is 2.48. The molecule has 0 spiro atoms. The van der Waals surface area contributed by atoms with Gasteiger partial charge in [-0.3, -0.25) is 9.59 Å². The van der Waals surface area contributed by atoms with Gasteiger partial charge in [-0.2, -0.15) is 0 Å². The standard InChI is InChI=1S/C42H44N2O2S4/c1-3-5-7-9-11-13-17-43-39-37(35-25-29-23-31-27(15-19-47-31)21-33(29)49-35)42(46)44(18-14-12-10-8-6-4-2)40(39)38(41(43)45)36-26-30-24-32-28(16-20-48-32)22-34(30)50-36/h15-16,19-26H,3-14,17-18H2,1-2H3. The smallest absolute Gasteiger partial charge is 0.262 e. The fraction of sp³-hybridized carbons (Fsp3) is 0.381. The van der Waals surface area contributed by atoms with E-state index in [1.54, 1.807) is 45.3 Å². The number of hydrogen-bond acceptors (Lipinski definition) is 6. The highest BCUT2D eigenvalue weighted by Crippen LogP contribution is 2.50. The first-order chi connectivity index (χ1) is 24.6. The van der Waals surface area contributed by atoms with Gasteiger partial charge in [-0.05, 0) is 93.7 Å². The van der Waals surface area contributed by atoms with Crippen LogP contribution in [-0.2, 0) is 9.59 Å². The molecule has 6 heterocycles. The summed E-state index contributed by atoms with van der Waals surface area (Å²) in [7, 11) is 0.